The van der Waals surface area contributed by atoms with Crippen LogP contribution in [0, 0.1) is 5.41 Å². The first-order valence-electron chi connectivity index (χ1n) is 5.77. The van der Waals surface area contributed by atoms with E-state index in [0.717, 1.165) is 6.08 Å². The summed E-state index contributed by atoms with van der Waals surface area (Å²) in [7, 11) is 0. The minimum atomic E-state index is -4.43. The molecule has 0 rings (SSSR count). The molecule has 106 valence electrons. The zero-order chi connectivity index (χ0) is 14.4. The van der Waals surface area contributed by atoms with E-state index in [9.17, 15) is 27.5 Å². The lowest BCUT2D eigenvalue weighted by atomic mass is 9.76. The Kier molecular flexibility index (Phi) is 6.35. The zero-order valence-corrected chi connectivity index (χ0v) is 10.5. The van der Waals surface area contributed by atoms with Crippen LogP contribution in [0.25, 0.3) is 0 Å². The smallest absolute Gasteiger partial charge is 0.390 e. The van der Waals surface area contributed by atoms with Gasteiger partial charge in [-0.1, -0.05) is 13.8 Å². The van der Waals surface area contributed by atoms with Crippen LogP contribution < -0.4 is 0 Å². The SMILES string of the molecule is CCC(CC)(CC(F)(F)F)/C(O)=C/C(=O)CCF. The van der Waals surface area contributed by atoms with Gasteiger partial charge in [0.05, 0.1) is 13.1 Å². The van der Waals surface area contributed by atoms with Crippen molar-refractivity contribution in [1.29, 1.82) is 0 Å². The summed E-state index contributed by atoms with van der Waals surface area (Å²) in [5.74, 6) is -1.31. The fourth-order valence-electron chi connectivity index (χ4n) is 1.81. The van der Waals surface area contributed by atoms with E-state index >= 15 is 0 Å². The molecule has 0 bridgehead atoms. The molecule has 0 atom stereocenters. The van der Waals surface area contributed by atoms with Crippen LogP contribution in [0.5, 0.6) is 0 Å². The number of aliphatic hydroxyl groups excluding tert-OH is 1. The predicted octanol–water partition coefficient (Wildman–Crippen LogP) is 4.12. The average molecular weight is 270 g/mol. The van der Waals surface area contributed by atoms with Crippen LogP contribution >= 0.6 is 0 Å². The third-order valence-electron chi connectivity index (χ3n) is 3.07. The van der Waals surface area contributed by atoms with Gasteiger partial charge in [-0.05, 0) is 12.8 Å². The van der Waals surface area contributed by atoms with Gasteiger partial charge in [0, 0.05) is 17.9 Å². The highest BCUT2D eigenvalue weighted by molar-refractivity contribution is 5.90. The van der Waals surface area contributed by atoms with Crippen molar-refractivity contribution in [3.05, 3.63) is 11.8 Å². The fourth-order valence-corrected chi connectivity index (χ4v) is 1.81. The van der Waals surface area contributed by atoms with Crippen molar-refractivity contribution in [3.8, 4) is 0 Å². The van der Waals surface area contributed by atoms with Gasteiger partial charge in [-0.2, -0.15) is 13.2 Å². The third-order valence-corrected chi connectivity index (χ3v) is 3.07. The zero-order valence-electron chi connectivity index (χ0n) is 10.5. The Morgan fingerprint density at radius 2 is 1.72 bits per heavy atom. The summed E-state index contributed by atoms with van der Waals surface area (Å²) >= 11 is 0. The van der Waals surface area contributed by atoms with Gasteiger partial charge in [0.15, 0.2) is 5.78 Å². The Labute approximate surface area is 104 Å². The molecule has 0 amide bonds. The summed E-state index contributed by atoms with van der Waals surface area (Å²) in [5.41, 5.74) is -1.50. The number of hydrogen-bond acceptors (Lipinski definition) is 2. The molecule has 0 aromatic carbocycles. The molecule has 1 N–H and O–H groups in total. The van der Waals surface area contributed by atoms with Crippen molar-refractivity contribution in [1.82, 2.24) is 0 Å². The topological polar surface area (TPSA) is 37.3 Å². The van der Waals surface area contributed by atoms with E-state index in [1.165, 1.54) is 13.8 Å². The van der Waals surface area contributed by atoms with Crippen molar-refractivity contribution in [3.63, 3.8) is 0 Å². The third kappa shape index (κ3) is 5.06. The molecule has 2 nitrogen and oxygen atoms in total. The van der Waals surface area contributed by atoms with Crippen molar-refractivity contribution < 1.29 is 27.5 Å². The molecule has 0 aliphatic heterocycles. The van der Waals surface area contributed by atoms with Crippen molar-refractivity contribution in [2.45, 2.75) is 45.7 Å². The number of rotatable bonds is 7. The van der Waals surface area contributed by atoms with E-state index < -0.39 is 42.6 Å². The molecule has 0 fully saturated rings. The molecular formula is C12H18F4O2. The lowest BCUT2D eigenvalue weighted by Gasteiger charge is -2.31. The summed E-state index contributed by atoms with van der Waals surface area (Å²) in [4.78, 5) is 11.1. The first-order chi connectivity index (χ1) is 8.20. The van der Waals surface area contributed by atoms with Crippen molar-refractivity contribution in [2.75, 3.05) is 6.67 Å². The molecular weight excluding hydrogens is 252 g/mol. The Hall–Kier alpha value is -1.07. The molecule has 0 aliphatic carbocycles. The summed E-state index contributed by atoms with van der Waals surface area (Å²) in [6.07, 6.45) is -5.24. The second-order valence-electron chi connectivity index (χ2n) is 4.21. The minimum Gasteiger partial charge on any atom is -0.512 e. The second kappa shape index (κ2) is 6.75. The Morgan fingerprint density at radius 3 is 2.06 bits per heavy atom. The molecule has 0 aromatic rings. The predicted molar refractivity (Wildman–Crippen MR) is 60.0 cm³/mol. The van der Waals surface area contributed by atoms with Crippen molar-refractivity contribution >= 4 is 5.78 Å². The van der Waals surface area contributed by atoms with Crippen LogP contribution in [-0.2, 0) is 4.79 Å². The quantitative estimate of drug-likeness (QED) is 0.429. The van der Waals surface area contributed by atoms with E-state index in [2.05, 4.69) is 0 Å². The lowest BCUT2D eigenvalue weighted by Crippen LogP contribution is -2.29. The normalized spacial score (nSPS) is 13.8. The largest absolute Gasteiger partial charge is 0.512 e. The highest BCUT2D eigenvalue weighted by Crippen LogP contribution is 2.43. The number of alkyl halides is 4. The van der Waals surface area contributed by atoms with E-state index in [4.69, 9.17) is 0 Å². The van der Waals surface area contributed by atoms with Gasteiger partial charge in [0.1, 0.15) is 5.76 Å². The van der Waals surface area contributed by atoms with Crippen LogP contribution in [0.15, 0.2) is 11.8 Å². The first-order valence-corrected chi connectivity index (χ1v) is 5.77. The molecule has 0 saturated heterocycles. The summed E-state index contributed by atoms with van der Waals surface area (Å²) < 4.78 is 49.4. The average Bonchev–Trinajstić information content (AvgIpc) is 2.24. The van der Waals surface area contributed by atoms with Crippen LogP contribution in [0.4, 0.5) is 17.6 Å². The van der Waals surface area contributed by atoms with Gasteiger partial charge in [-0.3, -0.25) is 9.18 Å². The molecule has 0 radical (unpaired) electrons. The lowest BCUT2D eigenvalue weighted by molar-refractivity contribution is -0.158. The van der Waals surface area contributed by atoms with E-state index in [0.29, 0.717) is 0 Å². The van der Waals surface area contributed by atoms with Gasteiger partial charge in [0.25, 0.3) is 0 Å². The second-order valence-corrected chi connectivity index (χ2v) is 4.21. The minimum absolute atomic E-state index is 0.0498. The van der Waals surface area contributed by atoms with Gasteiger partial charge in [-0.15, -0.1) is 0 Å². The van der Waals surface area contributed by atoms with Crippen molar-refractivity contribution in [2.24, 2.45) is 5.41 Å². The van der Waals surface area contributed by atoms with Crippen LogP contribution in [0.1, 0.15) is 39.5 Å². The molecule has 0 spiro atoms. The molecule has 0 unspecified atom stereocenters. The van der Waals surface area contributed by atoms with E-state index in [-0.39, 0.29) is 12.8 Å². The monoisotopic (exact) mass is 270 g/mol. The number of carbonyl (C=O) groups excluding carboxylic acids is 1. The molecule has 0 aromatic heterocycles. The fraction of sp³-hybridized carbons (Fsp3) is 0.750. The van der Waals surface area contributed by atoms with Crippen LogP contribution in [0.2, 0.25) is 0 Å². The van der Waals surface area contributed by atoms with Crippen LogP contribution in [-0.4, -0.2) is 23.7 Å². The van der Waals surface area contributed by atoms with Gasteiger partial charge in [0.2, 0.25) is 0 Å². The maximum absolute atomic E-state index is 12.5. The molecule has 6 heteroatoms. The summed E-state index contributed by atoms with van der Waals surface area (Å²) in [5, 5.41) is 9.74. The van der Waals surface area contributed by atoms with E-state index in [1.54, 1.807) is 0 Å². The number of ketones is 1. The maximum Gasteiger partial charge on any atom is 0.390 e. The number of allylic oxidation sites excluding steroid dienone is 2. The number of hydrogen-bond donors (Lipinski definition) is 1. The number of aliphatic hydroxyl groups is 1. The van der Waals surface area contributed by atoms with Gasteiger partial charge >= 0.3 is 6.18 Å². The standard InChI is InChI=1S/C12H18F4O2/c1-3-11(4-2,8-12(14,15)16)10(18)7-9(17)5-6-13/h7,18H,3-6,8H2,1-2H3/b10-7-. The molecule has 0 heterocycles. The van der Waals surface area contributed by atoms with Gasteiger partial charge in [-0.25, -0.2) is 0 Å². The van der Waals surface area contributed by atoms with E-state index in [1.807, 2.05) is 0 Å². The first kappa shape index (κ1) is 16.9. The van der Waals surface area contributed by atoms with Crippen LogP contribution in [0.3, 0.4) is 0 Å². The summed E-state index contributed by atoms with van der Waals surface area (Å²) in [6.45, 7) is 2.13. The van der Waals surface area contributed by atoms with Gasteiger partial charge < -0.3 is 5.11 Å². The highest BCUT2D eigenvalue weighted by atomic mass is 19.4. The number of halogens is 4. The Balaban J connectivity index is 5.15. The maximum atomic E-state index is 12.5. The summed E-state index contributed by atoms with van der Waals surface area (Å²) in [6, 6.07) is 0. The number of carbonyl (C=O) groups is 1. The Morgan fingerprint density at radius 1 is 1.22 bits per heavy atom. The molecule has 18 heavy (non-hydrogen) atoms. The Bertz CT molecular complexity index is 304. The molecule has 0 saturated carbocycles. The molecule has 0 aliphatic rings. The highest BCUT2D eigenvalue weighted by Gasteiger charge is 2.43.